The Morgan fingerprint density at radius 3 is 2.84 bits per heavy atom. The van der Waals surface area contributed by atoms with Crippen molar-refractivity contribution in [3.8, 4) is 17.1 Å². The summed E-state index contributed by atoms with van der Waals surface area (Å²) < 4.78 is 12.4. The highest BCUT2D eigenvalue weighted by molar-refractivity contribution is 5.90. The fraction of sp³-hybridized carbons (Fsp3) is 0.500. The Morgan fingerprint density at radius 2 is 2.16 bits per heavy atom. The summed E-state index contributed by atoms with van der Waals surface area (Å²) in [7, 11) is 3.18. The quantitative estimate of drug-likeness (QED) is 0.582. The molecule has 1 atom stereocenters. The monoisotopic (exact) mass is 346 g/mol. The first-order valence-electron chi connectivity index (χ1n) is 8.38. The molecule has 0 radical (unpaired) electrons. The van der Waals surface area contributed by atoms with Gasteiger partial charge in [-0.15, -0.1) is 0 Å². The number of carbonyl (C=O) groups excluding carboxylic acids is 1. The first-order chi connectivity index (χ1) is 12.0. The molecule has 0 aliphatic rings. The molecular weight excluding hydrogens is 320 g/mol. The number of esters is 1. The summed E-state index contributed by atoms with van der Waals surface area (Å²) in [4.78, 5) is 16.3. The normalized spacial score (nSPS) is 12.0. The highest BCUT2D eigenvalue weighted by atomic mass is 16.5. The van der Waals surface area contributed by atoms with Crippen molar-refractivity contribution < 1.29 is 14.3 Å². The Labute approximate surface area is 148 Å². The molecule has 7 nitrogen and oxygen atoms in total. The van der Waals surface area contributed by atoms with Crippen LogP contribution in [0.4, 0.5) is 0 Å². The van der Waals surface area contributed by atoms with Gasteiger partial charge in [-0.05, 0) is 44.4 Å². The number of methoxy groups -OCH3 is 1. The maximum absolute atomic E-state index is 11.8. The molecule has 0 bridgehead atoms. The molecule has 0 unspecified atom stereocenters. The first-order valence-corrected chi connectivity index (χ1v) is 8.38. The van der Waals surface area contributed by atoms with E-state index < -0.39 is 5.97 Å². The van der Waals surface area contributed by atoms with Crippen LogP contribution in [-0.2, 0) is 11.8 Å². The van der Waals surface area contributed by atoms with E-state index in [1.807, 2.05) is 14.0 Å². The molecule has 0 fully saturated rings. The molecular formula is C18H26N4O3. The topological polar surface area (TPSA) is 92.3 Å². The molecule has 7 heteroatoms. The summed E-state index contributed by atoms with van der Waals surface area (Å²) in [6.07, 6.45) is 3.62. The number of aromatic nitrogens is 3. The van der Waals surface area contributed by atoms with Gasteiger partial charge in [0.05, 0.1) is 36.7 Å². The van der Waals surface area contributed by atoms with Gasteiger partial charge in [0, 0.05) is 12.7 Å². The van der Waals surface area contributed by atoms with Crippen molar-refractivity contribution in [3.05, 3.63) is 29.6 Å². The minimum atomic E-state index is -0.395. The predicted octanol–water partition coefficient (Wildman–Crippen LogP) is 2.33. The van der Waals surface area contributed by atoms with Crippen LogP contribution >= 0.6 is 0 Å². The summed E-state index contributed by atoms with van der Waals surface area (Å²) >= 11 is 0. The number of aryl methyl sites for hydroxylation is 2. The van der Waals surface area contributed by atoms with Crippen molar-refractivity contribution in [2.75, 3.05) is 20.3 Å². The molecule has 25 heavy (non-hydrogen) atoms. The van der Waals surface area contributed by atoms with Crippen LogP contribution < -0.4 is 10.5 Å². The van der Waals surface area contributed by atoms with Gasteiger partial charge in [0.15, 0.2) is 0 Å². The van der Waals surface area contributed by atoms with Gasteiger partial charge < -0.3 is 15.2 Å². The summed E-state index contributed by atoms with van der Waals surface area (Å²) in [6.45, 7) is 5.22. The molecule has 0 aromatic carbocycles. The predicted molar refractivity (Wildman–Crippen MR) is 95.5 cm³/mol. The van der Waals surface area contributed by atoms with Crippen LogP contribution in [0.25, 0.3) is 11.3 Å². The number of pyridine rings is 1. The number of nitrogens with zero attached hydrogens (tertiary/aromatic N) is 3. The SMILES string of the molecule is COC(=O)c1cc(C)nc(-c2cnn(C)c2OCCC[C@@H](C)CN)c1. The second-order valence-electron chi connectivity index (χ2n) is 6.19. The van der Waals surface area contributed by atoms with E-state index in [4.69, 9.17) is 15.2 Å². The lowest BCUT2D eigenvalue weighted by Crippen LogP contribution is -2.12. The highest BCUT2D eigenvalue weighted by Crippen LogP contribution is 2.29. The number of hydrogen-bond acceptors (Lipinski definition) is 6. The number of nitrogens with two attached hydrogens (primary N) is 1. The zero-order valence-electron chi connectivity index (χ0n) is 15.3. The molecule has 2 heterocycles. The van der Waals surface area contributed by atoms with Crippen molar-refractivity contribution in [1.29, 1.82) is 0 Å². The van der Waals surface area contributed by atoms with E-state index in [9.17, 15) is 4.79 Å². The lowest BCUT2D eigenvalue weighted by molar-refractivity contribution is 0.0600. The van der Waals surface area contributed by atoms with Crippen LogP contribution in [0.1, 0.15) is 35.8 Å². The minimum Gasteiger partial charge on any atom is -0.477 e. The maximum Gasteiger partial charge on any atom is 0.337 e. The van der Waals surface area contributed by atoms with Gasteiger partial charge in [-0.3, -0.25) is 4.98 Å². The Morgan fingerprint density at radius 1 is 1.40 bits per heavy atom. The van der Waals surface area contributed by atoms with Gasteiger partial charge in [0.2, 0.25) is 5.88 Å². The third kappa shape index (κ3) is 4.79. The Kier molecular flexibility index (Phi) is 6.52. The summed E-state index contributed by atoms with van der Waals surface area (Å²) in [5.41, 5.74) is 8.21. The molecule has 2 aromatic rings. The van der Waals surface area contributed by atoms with E-state index in [0.29, 0.717) is 36.2 Å². The van der Waals surface area contributed by atoms with Crippen molar-refractivity contribution in [1.82, 2.24) is 14.8 Å². The molecule has 0 aliphatic carbocycles. The lowest BCUT2D eigenvalue weighted by atomic mass is 10.1. The van der Waals surface area contributed by atoms with Crippen LogP contribution in [0.2, 0.25) is 0 Å². The van der Waals surface area contributed by atoms with Gasteiger partial charge in [-0.2, -0.15) is 5.10 Å². The first kappa shape index (κ1) is 18.9. The van der Waals surface area contributed by atoms with Crippen LogP contribution in [-0.4, -0.2) is 41.0 Å². The van der Waals surface area contributed by atoms with Crippen LogP contribution in [0.5, 0.6) is 5.88 Å². The maximum atomic E-state index is 11.8. The standard InChI is InChI=1S/C18H26N4O3/c1-12(10-19)6-5-7-25-17-15(11-20-22(17)3)16-9-14(18(23)24-4)8-13(2)21-16/h8-9,11-12H,5-7,10,19H2,1-4H3/t12-/m1/s1. The van der Waals surface area contributed by atoms with E-state index in [1.165, 1.54) is 7.11 Å². The van der Waals surface area contributed by atoms with E-state index in [0.717, 1.165) is 24.1 Å². The third-order valence-electron chi connectivity index (χ3n) is 4.02. The minimum absolute atomic E-state index is 0.395. The van der Waals surface area contributed by atoms with Gasteiger partial charge in [-0.1, -0.05) is 6.92 Å². The van der Waals surface area contributed by atoms with Crippen molar-refractivity contribution in [3.63, 3.8) is 0 Å². The van der Waals surface area contributed by atoms with Gasteiger partial charge in [0.25, 0.3) is 0 Å². The van der Waals surface area contributed by atoms with Crippen LogP contribution in [0.15, 0.2) is 18.3 Å². The number of hydrogen-bond donors (Lipinski definition) is 1. The van der Waals surface area contributed by atoms with Crippen LogP contribution in [0, 0.1) is 12.8 Å². The van der Waals surface area contributed by atoms with E-state index in [2.05, 4.69) is 17.0 Å². The van der Waals surface area contributed by atoms with E-state index in [-0.39, 0.29) is 0 Å². The third-order valence-corrected chi connectivity index (χ3v) is 4.02. The molecule has 2 rings (SSSR count). The summed E-state index contributed by atoms with van der Waals surface area (Å²) in [6, 6.07) is 3.39. The van der Waals surface area contributed by atoms with E-state index in [1.54, 1.807) is 23.0 Å². The smallest absolute Gasteiger partial charge is 0.337 e. The summed E-state index contributed by atoms with van der Waals surface area (Å²) in [5.74, 6) is 0.721. The number of ether oxygens (including phenoxy) is 2. The molecule has 0 saturated carbocycles. The number of carbonyl (C=O) groups is 1. The molecule has 0 aliphatic heterocycles. The average Bonchev–Trinajstić information content (AvgIpc) is 2.97. The second kappa shape index (κ2) is 8.62. The fourth-order valence-corrected chi connectivity index (χ4v) is 2.53. The van der Waals surface area contributed by atoms with Gasteiger partial charge in [-0.25, -0.2) is 9.48 Å². The zero-order chi connectivity index (χ0) is 18.4. The molecule has 0 spiro atoms. The van der Waals surface area contributed by atoms with Gasteiger partial charge >= 0.3 is 5.97 Å². The Bertz CT molecular complexity index is 727. The highest BCUT2D eigenvalue weighted by Gasteiger charge is 2.17. The van der Waals surface area contributed by atoms with Crippen molar-refractivity contribution >= 4 is 5.97 Å². The molecule has 136 valence electrons. The lowest BCUT2D eigenvalue weighted by Gasteiger charge is -2.11. The number of rotatable bonds is 8. The van der Waals surface area contributed by atoms with Crippen molar-refractivity contribution in [2.24, 2.45) is 18.7 Å². The molecule has 2 N–H and O–H groups in total. The summed E-state index contributed by atoms with van der Waals surface area (Å²) in [5, 5.41) is 4.26. The Hall–Kier alpha value is -2.41. The largest absolute Gasteiger partial charge is 0.477 e. The second-order valence-corrected chi connectivity index (χ2v) is 6.19. The zero-order valence-corrected chi connectivity index (χ0v) is 15.3. The molecule has 2 aromatic heterocycles. The molecule has 0 saturated heterocycles. The average molecular weight is 346 g/mol. The fourth-order valence-electron chi connectivity index (χ4n) is 2.53. The van der Waals surface area contributed by atoms with Crippen LogP contribution in [0.3, 0.4) is 0 Å². The van der Waals surface area contributed by atoms with Crippen molar-refractivity contribution in [2.45, 2.75) is 26.7 Å². The van der Waals surface area contributed by atoms with E-state index >= 15 is 0 Å². The Balaban J connectivity index is 2.20. The molecule has 0 amide bonds. The van der Waals surface area contributed by atoms with Gasteiger partial charge in [0.1, 0.15) is 0 Å².